The quantitative estimate of drug-likeness (QED) is 0.745. The summed E-state index contributed by atoms with van der Waals surface area (Å²) >= 11 is 0. The molecule has 1 N–H and O–H groups in total. The number of rotatable bonds is 1. The number of aliphatic hydroxyl groups excluding tert-OH is 1. The molecule has 0 amide bonds. The van der Waals surface area contributed by atoms with Gasteiger partial charge in [-0.2, -0.15) is 13.2 Å². The Balaban J connectivity index is 3.10. The summed E-state index contributed by atoms with van der Waals surface area (Å²) in [6.45, 7) is 2.66. The van der Waals surface area contributed by atoms with E-state index in [1.165, 1.54) is 13.8 Å². The monoisotopic (exact) mass is 195 g/mol. The molecule has 3 nitrogen and oxygen atoms in total. The van der Waals surface area contributed by atoms with Gasteiger partial charge in [0, 0.05) is 0 Å². The van der Waals surface area contributed by atoms with Crippen LogP contribution in [0.2, 0.25) is 0 Å². The molecule has 1 rings (SSSR count). The van der Waals surface area contributed by atoms with Gasteiger partial charge in [-0.1, -0.05) is 0 Å². The Morgan fingerprint density at radius 2 is 2.00 bits per heavy atom. The molecule has 1 heterocycles. The first kappa shape index (κ1) is 10.0. The van der Waals surface area contributed by atoms with Crippen LogP contribution in [0.5, 0.6) is 0 Å². The lowest BCUT2D eigenvalue weighted by molar-refractivity contribution is -0.158. The Bertz CT molecular complexity index is 303. The number of hydrogen-bond donors (Lipinski definition) is 1. The molecular formula is C7H8F3NO2. The van der Waals surface area contributed by atoms with E-state index in [1.807, 2.05) is 0 Å². The van der Waals surface area contributed by atoms with E-state index in [0.717, 1.165) is 0 Å². The molecule has 1 atom stereocenters. The Morgan fingerprint density at radius 3 is 2.23 bits per heavy atom. The van der Waals surface area contributed by atoms with Crippen molar-refractivity contribution in [1.29, 1.82) is 0 Å². The minimum absolute atomic E-state index is 0.0577. The third kappa shape index (κ3) is 2.00. The summed E-state index contributed by atoms with van der Waals surface area (Å²) in [6.07, 6.45) is -5.68. The Morgan fingerprint density at radius 1 is 1.46 bits per heavy atom. The van der Waals surface area contributed by atoms with E-state index in [9.17, 15) is 13.2 Å². The zero-order valence-corrected chi connectivity index (χ0v) is 7.01. The SMILES string of the molecule is Cc1nc(C(F)(F)F)oc1C(C)O. The molecular weight excluding hydrogens is 187 g/mol. The van der Waals surface area contributed by atoms with Crippen LogP contribution in [-0.2, 0) is 6.18 Å². The van der Waals surface area contributed by atoms with Gasteiger partial charge in [-0.05, 0) is 13.8 Å². The molecule has 74 valence electrons. The molecule has 1 unspecified atom stereocenters. The minimum Gasteiger partial charge on any atom is -0.435 e. The number of aryl methyl sites for hydroxylation is 1. The van der Waals surface area contributed by atoms with Crippen molar-refractivity contribution in [2.45, 2.75) is 26.1 Å². The second-order valence-corrected chi connectivity index (χ2v) is 2.64. The zero-order valence-electron chi connectivity index (χ0n) is 7.01. The standard InChI is InChI=1S/C7H8F3NO2/c1-3-5(4(2)12)13-6(11-3)7(8,9)10/h4,12H,1-2H3. The van der Waals surface area contributed by atoms with Crippen molar-refractivity contribution in [2.75, 3.05) is 0 Å². The molecule has 1 aromatic rings. The van der Waals surface area contributed by atoms with Crippen molar-refractivity contribution >= 4 is 0 Å². The summed E-state index contributed by atoms with van der Waals surface area (Å²) in [5.74, 6) is -1.46. The molecule has 6 heteroatoms. The van der Waals surface area contributed by atoms with Crippen molar-refractivity contribution in [3.05, 3.63) is 17.3 Å². The predicted octanol–water partition coefficient (Wildman–Crippen LogP) is 2.06. The van der Waals surface area contributed by atoms with Gasteiger partial charge in [0.05, 0.1) is 5.69 Å². The van der Waals surface area contributed by atoms with Crippen molar-refractivity contribution in [3.63, 3.8) is 0 Å². The maximum Gasteiger partial charge on any atom is 0.468 e. The maximum absolute atomic E-state index is 12.0. The summed E-state index contributed by atoms with van der Waals surface area (Å²) in [5.41, 5.74) is 0.0577. The van der Waals surface area contributed by atoms with E-state index in [0.29, 0.717) is 0 Å². The lowest BCUT2D eigenvalue weighted by atomic mass is 10.3. The molecule has 1 aromatic heterocycles. The van der Waals surface area contributed by atoms with Crippen LogP contribution in [0, 0.1) is 6.92 Å². The molecule has 0 saturated heterocycles. The van der Waals surface area contributed by atoms with Gasteiger partial charge >= 0.3 is 12.1 Å². The van der Waals surface area contributed by atoms with Crippen LogP contribution in [0.3, 0.4) is 0 Å². The van der Waals surface area contributed by atoms with Crippen molar-refractivity contribution in [2.24, 2.45) is 0 Å². The van der Waals surface area contributed by atoms with E-state index in [1.54, 1.807) is 0 Å². The fourth-order valence-corrected chi connectivity index (χ4v) is 0.917. The van der Waals surface area contributed by atoms with Gasteiger partial charge in [-0.15, -0.1) is 0 Å². The average Bonchev–Trinajstić information content (AvgIpc) is 2.29. The number of nitrogens with zero attached hydrogens (tertiary/aromatic N) is 1. The molecule has 0 saturated carbocycles. The number of oxazole rings is 1. The molecule has 0 aromatic carbocycles. The highest BCUT2D eigenvalue weighted by Gasteiger charge is 2.38. The molecule has 0 aliphatic carbocycles. The highest BCUT2D eigenvalue weighted by Crippen LogP contribution is 2.31. The average molecular weight is 195 g/mol. The van der Waals surface area contributed by atoms with Gasteiger partial charge in [-0.3, -0.25) is 0 Å². The summed E-state index contributed by atoms with van der Waals surface area (Å²) in [5, 5.41) is 8.98. The van der Waals surface area contributed by atoms with Gasteiger partial charge < -0.3 is 9.52 Å². The normalized spacial score (nSPS) is 14.6. The van der Waals surface area contributed by atoms with Gasteiger partial charge in [0.1, 0.15) is 6.10 Å². The fourth-order valence-electron chi connectivity index (χ4n) is 0.917. The van der Waals surface area contributed by atoms with E-state index in [2.05, 4.69) is 9.40 Å². The lowest BCUT2D eigenvalue weighted by Crippen LogP contribution is -2.04. The molecule has 0 aliphatic rings. The van der Waals surface area contributed by atoms with Gasteiger partial charge in [0.25, 0.3) is 0 Å². The van der Waals surface area contributed by atoms with E-state index in [4.69, 9.17) is 5.11 Å². The van der Waals surface area contributed by atoms with Crippen LogP contribution in [-0.4, -0.2) is 10.1 Å². The second kappa shape index (κ2) is 3.02. The summed E-state index contributed by atoms with van der Waals surface area (Å²) in [4.78, 5) is 3.15. The minimum atomic E-state index is -4.60. The number of halogens is 3. The highest BCUT2D eigenvalue weighted by molar-refractivity contribution is 5.11. The second-order valence-electron chi connectivity index (χ2n) is 2.64. The number of aliphatic hydroxyl groups is 1. The van der Waals surface area contributed by atoms with Crippen molar-refractivity contribution < 1.29 is 22.7 Å². The summed E-state index contributed by atoms with van der Waals surface area (Å²) in [7, 11) is 0. The largest absolute Gasteiger partial charge is 0.468 e. The third-order valence-corrected chi connectivity index (χ3v) is 1.45. The third-order valence-electron chi connectivity index (χ3n) is 1.45. The molecule has 13 heavy (non-hydrogen) atoms. The van der Waals surface area contributed by atoms with Crippen molar-refractivity contribution in [3.8, 4) is 0 Å². The Kier molecular flexibility index (Phi) is 2.34. The van der Waals surface area contributed by atoms with Crippen LogP contribution >= 0.6 is 0 Å². The first-order valence-corrected chi connectivity index (χ1v) is 3.55. The fraction of sp³-hybridized carbons (Fsp3) is 0.571. The van der Waals surface area contributed by atoms with Crippen LogP contribution in [0.15, 0.2) is 4.42 Å². The van der Waals surface area contributed by atoms with Crippen LogP contribution in [0.4, 0.5) is 13.2 Å². The van der Waals surface area contributed by atoms with Crippen LogP contribution in [0.25, 0.3) is 0 Å². The summed E-state index contributed by atoms with van der Waals surface area (Å²) in [6, 6.07) is 0. The van der Waals surface area contributed by atoms with E-state index in [-0.39, 0.29) is 11.5 Å². The predicted molar refractivity (Wildman–Crippen MR) is 36.9 cm³/mol. The molecule has 0 bridgehead atoms. The van der Waals surface area contributed by atoms with Gasteiger partial charge in [0.2, 0.25) is 0 Å². The number of alkyl halides is 3. The van der Waals surface area contributed by atoms with Crippen molar-refractivity contribution in [1.82, 2.24) is 4.98 Å². The smallest absolute Gasteiger partial charge is 0.435 e. The first-order chi connectivity index (χ1) is 5.82. The highest BCUT2D eigenvalue weighted by atomic mass is 19.4. The van der Waals surface area contributed by atoms with Gasteiger partial charge in [-0.25, -0.2) is 4.98 Å². The van der Waals surface area contributed by atoms with Gasteiger partial charge in [0.15, 0.2) is 5.76 Å². The van der Waals surface area contributed by atoms with E-state index < -0.39 is 18.2 Å². The maximum atomic E-state index is 12.0. The lowest BCUT2D eigenvalue weighted by Gasteiger charge is -2.00. The Labute approximate surface area is 72.2 Å². The topological polar surface area (TPSA) is 46.3 Å². The molecule has 0 radical (unpaired) electrons. The number of hydrogen-bond acceptors (Lipinski definition) is 3. The summed E-state index contributed by atoms with van der Waals surface area (Å²) < 4.78 is 40.4. The van der Waals surface area contributed by atoms with E-state index >= 15 is 0 Å². The Hall–Kier alpha value is -1.04. The zero-order chi connectivity index (χ0) is 10.2. The molecule has 0 aliphatic heterocycles. The van der Waals surface area contributed by atoms with Crippen LogP contribution in [0.1, 0.15) is 30.4 Å². The molecule has 0 spiro atoms. The number of aromatic nitrogens is 1. The first-order valence-electron chi connectivity index (χ1n) is 3.55. The molecule has 0 fully saturated rings. The van der Waals surface area contributed by atoms with Crippen LogP contribution < -0.4 is 0 Å².